The van der Waals surface area contributed by atoms with Gasteiger partial charge in [-0.05, 0) is 17.7 Å². The molecule has 148 valence electrons. The standard InChI is InChI=1S/C20H21N6O2P/c1-25-16-8-7-14(21)9-17(16)28-11-15(20(25)29)23-19(27)18-22-12-26(24-18)10-13-5-3-2-4-6-13/h2-9,12,15,29H,10-11,21H2,1H3,(H,23,27)/t15-/m0/s1. The number of amides is 1. The smallest absolute Gasteiger partial charge is 0.291 e. The summed E-state index contributed by atoms with van der Waals surface area (Å²) < 4.78 is 7.51. The lowest BCUT2D eigenvalue weighted by Gasteiger charge is -2.24. The van der Waals surface area contributed by atoms with E-state index in [2.05, 4.69) is 24.3 Å². The molecule has 2 aromatic carbocycles. The Labute approximate surface area is 170 Å². The number of aromatic nitrogens is 3. The van der Waals surface area contributed by atoms with E-state index in [1.54, 1.807) is 23.1 Å². The fourth-order valence-electron chi connectivity index (χ4n) is 3.12. The van der Waals surface area contributed by atoms with Crippen LogP contribution in [0.2, 0.25) is 0 Å². The highest BCUT2D eigenvalue weighted by Gasteiger charge is 2.27. The molecular weight excluding hydrogens is 387 g/mol. The Balaban J connectivity index is 1.45. The first-order valence-corrected chi connectivity index (χ1v) is 9.60. The first-order chi connectivity index (χ1) is 14.0. The maximum Gasteiger partial charge on any atom is 0.291 e. The Morgan fingerprint density at radius 1 is 1.31 bits per heavy atom. The van der Waals surface area contributed by atoms with Crippen molar-refractivity contribution in [2.45, 2.75) is 12.6 Å². The Kier molecular flexibility index (Phi) is 5.18. The number of nitrogens with two attached hydrogens (primary N) is 1. The van der Waals surface area contributed by atoms with Gasteiger partial charge in [0.2, 0.25) is 5.82 Å². The number of ether oxygens (including phenoxy) is 1. The average molecular weight is 408 g/mol. The molecule has 4 rings (SSSR count). The van der Waals surface area contributed by atoms with Crippen LogP contribution in [0.15, 0.2) is 54.9 Å². The molecule has 29 heavy (non-hydrogen) atoms. The van der Waals surface area contributed by atoms with Crippen LogP contribution in [0.1, 0.15) is 16.2 Å². The zero-order valence-electron chi connectivity index (χ0n) is 15.9. The largest absolute Gasteiger partial charge is 0.489 e. The second-order valence-corrected chi connectivity index (χ2v) is 7.27. The van der Waals surface area contributed by atoms with Crippen molar-refractivity contribution in [3.63, 3.8) is 0 Å². The molecule has 0 spiro atoms. The maximum atomic E-state index is 12.7. The molecule has 1 aliphatic rings. The van der Waals surface area contributed by atoms with Crippen LogP contribution in [0.4, 0.5) is 11.4 Å². The van der Waals surface area contributed by atoms with Gasteiger partial charge in [-0.2, -0.15) is 0 Å². The number of hydrogen-bond donors (Lipinski definition) is 2. The third kappa shape index (κ3) is 4.07. The molecule has 1 aromatic heterocycles. The number of carbonyl (C=O) groups excluding carboxylic acids is 1. The molecule has 9 heteroatoms. The van der Waals surface area contributed by atoms with E-state index in [9.17, 15) is 4.79 Å². The van der Waals surface area contributed by atoms with Crippen LogP contribution < -0.4 is 20.7 Å². The molecule has 0 radical (unpaired) electrons. The van der Waals surface area contributed by atoms with Crippen molar-refractivity contribution in [2.75, 3.05) is 24.3 Å². The molecule has 0 saturated carbocycles. The summed E-state index contributed by atoms with van der Waals surface area (Å²) in [5, 5.41) is 7.21. The van der Waals surface area contributed by atoms with Crippen molar-refractivity contribution in [3.8, 4) is 5.75 Å². The van der Waals surface area contributed by atoms with E-state index >= 15 is 0 Å². The van der Waals surface area contributed by atoms with E-state index in [1.807, 2.05) is 48.3 Å². The minimum Gasteiger partial charge on any atom is -0.489 e. The van der Waals surface area contributed by atoms with E-state index in [0.29, 0.717) is 18.0 Å². The molecule has 8 nitrogen and oxygen atoms in total. The Bertz CT molecular complexity index is 1050. The van der Waals surface area contributed by atoms with E-state index in [4.69, 9.17) is 10.5 Å². The number of rotatable bonds is 4. The second kappa shape index (κ2) is 7.93. The topological polar surface area (TPSA) is 98.3 Å². The van der Waals surface area contributed by atoms with E-state index in [-0.39, 0.29) is 18.3 Å². The lowest BCUT2D eigenvalue weighted by molar-refractivity contribution is 0.0927. The Hall–Kier alpha value is -3.38. The summed E-state index contributed by atoms with van der Waals surface area (Å²) in [6.45, 7) is 0.790. The van der Waals surface area contributed by atoms with E-state index in [1.165, 1.54) is 0 Å². The predicted molar refractivity (Wildman–Crippen MR) is 115 cm³/mol. The Morgan fingerprint density at radius 3 is 2.90 bits per heavy atom. The van der Waals surface area contributed by atoms with Gasteiger partial charge >= 0.3 is 0 Å². The predicted octanol–water partition coefficient (Wildman–Crippen LogP) is 1.81. The molecule has 0 saturated heterocycles. The third-order valence-corrected chi connectivity index (χ3v) is 5.36. The van der Waals surface area contributed by atoms with Crippen molar-refractivity contribution in [1.29, 1.82) is 0 Å². The van der Waals surface area contributed by atoms with Gasteiger partial charge in [0, 0.05) is 18.8 Å². The number of nitrogen functional groups attached to an aromatic ring is 1. The maximum absolute atomic E-state index is 12.7. The molecule has 1 amide bonds. The first kappa shape index (κ1) is 19.0. The van der Waals surface area contributed by atoms with Crippen molar-refractivity contribution in [3.05, 3.63) is 66.2 Å². The van der Waals surface area contributed by atoms with Crippen molar-refractivity contribution < 1.29 is 9.53 Å². The van der Waals surface area contributed by atoms with E-state index in [0.717, 1.165) is 16.7 Å². The highest BCUT2D eigenvalue weighted by atomic mass is 31.0. The normalized spacial score (nSPS) is 16.0. The van der Waals surface area contributed by atoms with Gasteiger partial charge in [-0.25, -0.2) is 9.67 Å². The van der Waals surface area contributed by atoms with Crippen LogP contribution in [0.5, 0.6) is 5.75 Å². The van der Waals surface area contributed by atoms with Crippen molar-refractivity contribution in [2.24, 2.45) is 0 Å². The number of benzene rings is 2. The molecule has 3 aromatic rings. The van der Waals surface area contributed by atoms with Gasteiger partial charge in [0.05, 0.1) is 17.6 Å². The highest BCUT2D eigenvalue weighted by molar-refractivity contribution is 7.22. The number of fused-ring (bicyclic) bond motifs is 1. The summed E-state index contributed by atoms with van der Waals surface area (Å²) in [5.74, 6) is 0.388. The number of likely N-dealkylation sites (N-methyl/N-ethyl adjacent to an activating group) is 1. The van der Waals surface area contributed by atoms with Gasteiger partial charge < -0.3 is 20.7 Å². The van der Waals surface area contributed by atoms with Gasteiger partial charge in [-0.1, -0.05) is 39.2 Å². The molecular formula is C20H21N6O2P. The van der Waals surface area contributed by atoms with Gasteiger partial charge in [-0.3, -0.25) is 4.79 Å². The van der Waals surface area contributed by atoms with Gasteiger partial charge in [0.15, 0.2) is 0 Å². The van der Waals surface area contributed by atoms with Crippen LogP contribution in [-0.2, 0) is 6.54 Å². The number of hydrogen-bond acceptors (Lipinski definition) is 5. The molecule has 1 atom stereocenters. The van der Waals surface area contributed by atoms with Crippen LogP contribution in [0.3, 0.4) is 0 Å². The number of nitrogens with zero attached hydrogens (tertiary/aromatic N) is 4. The highest BCUT2D eigenvalue weighted by Crippen LogP contribution is 2.32. The minimum atomic E-state index is -0.404. The summed E-state index contributed by atoms with van der Waals surface area (Å²) >= 11 is 0. The van der Waals surface area contributed by atoms with Crippen LogP contribution in [0.25, 0.3) is 0 Å². The number of nitrogens with one attached hydrogen (secondary N) is 1. The van der Waals surface area contributed by atoms with Crippen molar-refractivity contribution >= 4 is 31.6 Å². The molecule has 0 unspecified atom stereocenters. The van der Waals surface area contributed by atoms with Gasteiger partial charge in [0.1, 0.15) is 24.7 Å². The van der Waals surface area contributed by atoms with Gasteiger partial charge in [0.25, 0.3) is 5.91 Å². The van der Waals surface area contributed by atoms with Crippen molar-refractivity contribution in [1.82, 2.24) is 20.1 Å². The SMILES string of the molecule is CN1C(=P)[C@@H](NC(=O)c2ncn(Cc3ccccc3)n2)COc2cc(N)ccc21. The van der Waals surface area contributed by atoms with Crippen LogP contribution in [0, 0.1) is 0 Å². The summed E-state index contributed by atoms with van der Waals surface area (Å²) in [7, 11) is 5.53. The summed E-state index contributed by atoms with van der Waals surface area (Å²) in [5.41, 5.74) is 9.16. The zero-order valence-corrected chi connectivity index (χ0v) is 16.9. The summed E-state index contributed by atoms with van der Waals surface area (Å²) in [6.07, 6.45) is 1.55. The zero-order chi connectivity index (χ0) is 20.4. The quantitative estimate of drug-likeness (QED) is 0.505. The lowest BCUT2D eigenvalue weighted by atomic mass is 10.2. The van der Waals surface area contributed by atoms with E-state index < -0.39 is 6.04 Å². The van der Waals surface area contributed by atoms with Gasteiger partial charge in [-0.15, -0.1) is 5.10 Å². The molecule has 0 fully saturated rings. The molecule has 1 aliphatic heterocycles. The molecule has 3 N–H and O–H groups in total. The van der Waals surface area contributed by atoms with Crippen LogP contribution in [-0.4, -0.2) is 45.8 Å². The average Bonchev–Trinajstić information content (AvgIpc) is 3.15. The summed E-state index contributed by atoms with van der Waals surface area (Å²) in [4.78, 5) is 18.7. The lowest BCUT2D eigenvalue weighted by Crippen LogP contribution is -2.48. The molecule has 0 aliphatic carbocycles. The Morgan fingerprint density at radius 2 is 2.10 bits per heavy atom. The molecule has 0 bridgehead atoms. The monoisotopic (exact) mass is 408 g/mol. The summed E-state index contributed by atoms with van der Waals surface area (Å²) in [6, 6.07) is 14.9. The van der Waals surface area contributed by atoms with Crippen LogP contribution >= 0.6 is 8.86 Å². The second-order valence-electron chi connectivity index (χ2n) is 6.76. The fourth-order valence-corrected chi connectivity index (χ4v) is 3.39. The number of carbonyl (C=O) groups is 1. The number of anilines is 2. The third-order valence-electron chi connectivity index (χ3n) is 4.67. The first-order valence-electron chi connectivity index (χ1n) is 9.10. The minimum absolute atomic E-state index is 0.106. The molecule has 2 heterocycles. The fraction of sp³-hybridized carbons (Fsp3) is 0.200.